The van der Waals surface area contributed by atoms with Gasteiger partial charge in [0.2, 0.25) is 5.91 Å². The number of rotatable bonds is 6. The van der Waals surface area contributed by atoms with Gasteiger partial charge in [0.15, 0.2) is 5.78 Å². The Kier molecular flexibility index (Phi) is 5.50. The summed E-state index contributed by atoms with van der Waals surface area (Å²) < 4.78 is 11.2. The topological polar surface area (TPSA) is 76.1 Å². The number of methoxy groups -OCH3 is 1. The van der Waals surface area contributed by atoms with Crippen molar-refractivity contribution in [2.75, 3.05) is 13.7 Å². The van der Waals surface area contributed by atoms with Crippen LogP contribution in [-0.4, -0.2) is 53.8 Å². The summed E-state index contributed by atoms with van der Waals surface area (Å²) in [5.74, 6) is -0.323. The van der Waals surface area contributed by atoms with Crippen LogP contribution in [-0.2, 0) is 19.1 Å². The van der Waals surface area contributed by atoms with Crippen LogP contribution in [0.1, 0.15) is 39.0 Å². The summed E-state index contributed by atoms with van der Waals surface area (Å²) in [5, 5.41) is 9.06. The van der Waals surface area contributed by atoms with E-state index in [1.807, 2.05) is 6.92 Å². The number of nitrogens with zero attached hydrogens (tertiary/aromatic N) is 1. The summed E-state index contributed by atoms with van der Waals surface area (Å²) >= 11 is 0. The smallest absolute Gasteiger partial charge is 0.236 e. The van der Waals surface area contributed by atoms with Gasteiger partial charge in [-0.2, -0.15) is 0 Å². The zero-order chi connectivity index (χ0) is 15.4. The summed E-state index contributed by atoms with van der Waals surface area (Å²) in [7, 11) is 1.60. The van der Waals surface area contributed by atoms with E-state index in [0.29, 0.717) is 24.8 Å². The van der Waals surface area contributed by atoms with E-state index in [1.165, 1.54) is 4.90 Å². The third-order valence-electron chi connectivity index (χ3n) is 3.98. The molecule has 118 valence electrons. The van der Waals surface area contributed by atoms with Crippen LogP contribution in [0.3, 0.4) is 0 Å². The summed E-state index contributed by atoms with van der Waals surface area (Å²) in [6.07, 6.45) is 3.32. The number of aliphatic hydroxyl groups is 1. The van der Waals surface area contributed by atoms with E-state index in [-0.39, 0.29) is 36.9 Å². The summed E-state index contributed by atoms with van der Waals surface area (Å²) in [6.45, 7) is 2.01. The number of aliphatic hydroxyl groups excluding tert-OH is 1. The van der Waals surface area contributed by atoms with Crippen LogP contribution < -0.4 is 0 Å². The molecular weight excluding hydrogens is 274 g/mol. The highest BCUT2D eigenvalue weighted by atomic mass is 16.6. The van der Waals surface area contributed by atoms with E-state index in [9.17, 15) is 9.59 Å². The molecule has 0 aromatic heterocycles. The first kappa shape index (κ1) is 16.1. The van der Waals surface area contributed by atoms with Crippen LogP contribution >= 0.6 is 0 Å². The molecule has 0 aliphatic carbocycles. The third-order valence-corrected chi connectivity index (χ3v) is 3.98. The van der Waals surface area contributed by atoms with Gasteiger partial charge in [-0.15, -0.1) is 0 Å². The van der Waals surface area contributed by atoms with Gasteiger partial charge in [0, 0.05) is 31.9 Å². The molecule has 1 fully saturated rings. The van der Waals surface area contributed by atoms with Gasteiger partial charge >= 0.3 is 0 Å². The Hall–Kier alpha value is -1.24. The lowest BCUT2D eigenvalue weighted by Gasteiger charge is -2.29. The lowest BCUT2D eigenvalue weighted by Crippen LogP contribution is -2.41. The third kappa shape index (κ3) is 3.51. The number of carbonyl (C=O) groups excluding carboxylic acids is 2. The summed E-state index contributed by atoms with van der Waals surface area (Å²) in [5.41, 5.74) is 0.681. The first-order chi connectivity index (χ1) is 10.1. The number of ether oxygens (including phenoxy) is 2. The first-order valence-corrected chi connectivity index (χ1v) is 7.44. The maximum atomic E-state index is 12.1. The summed E-state index contributed by atoms with van der Waals surface area (Å²) in [6, 6.07) is 0. The molecule has 0 aromatic carbocycles. The second-order valence-corrected chi connectivity index (χ2v) is 5.46. The minimum absolute atomic E-state index is 0.0145. The normalized spacial score (nSPS) is 30.0. The standard InChI is InChI=1S/C15H23NO5/c1-3-4-10-9-16(14(19)7-11(10)18)15-8-13(20-2)12(21-15)5-6-17/h9,12-13,15,17H,3-8H2,1-2H3. The van der Waals surface area contributed by atoms with Crippen molar-refractivity contribution in [3.05, 3.63) is 11.8 Å². The Morgan fingerprint density at radius 2 is 2.24 bits per heavy atom. The van der Waals surface area contributed by atoms with Crippen molar-refractivity contribution >= 4 is 11.7 Å². The van der Waals surface area contributed by atoms with E-state index in [1.54, 1.807) is 13.3 Å². The van der Waals surface area contributed by atoms with E-state index in [4.69, 9.17) is 14.6 Å². The molecule has 3 unspecified atom stereocenters. The SMILES string of the molecule is CCCC1=CN(C2CC(OC)C(CCO)O2)C(=O)CC1=O. The van der Waals surface area contributed by atoms with E-state index < -0.39 is 6.23 Å². The van der Waals surface area contributed by atoms with E-state index >= 15 is 0 Å². The Morgan fingerprint density at radius 1 is 1.48 bits per heavy atom. The van der Waals surface area contributed by atoms with Crippen molar-refractivity contribution in [1.29, 1.82) is 0 Å². The minimum atomic E-state index is -0.418. The molecule has 6 heteroatoms. The molecule has 2 aliphatic rings. The molecule has 6 nitrogen and oxygen atoms in total. The first-order valence-electron chi connectivity index (χ1n) is 7.44. The Morgan fingerprint density at radius 3 is 2.86 bits per heavy atom. The number of hydrogen-bond donors (Lipinski definition) is 1. The second-order valence-electron chi connectivity index (χ2n) is 5.46. The molecule has 0 saturated carbocycles. The lowest BCUT2D eigenvalue weighted by molar-refractivity contribution is -0.144. The molecule has 2 aliphatic heterocycles. The molecule has 3 atom stereocenters. The van der Waals surface area contributed by atoms with Crippen molar-refractivity contribution in [2.24, 2.45) is 0 Å². The number of ketones is 1. The molecule has 2 heterocycles. The molecule has 21 heavy (non-hydrogen) atoms. The van der Waals surface area contributed by atoms with Gasteiger partial charge in [-0.25, -0.2) is 0 Å². The average molecular weight is 297 g/mol. The van der Waals surface area contributed by atoms with Crippen molar-refractivity contribution in [1.82, 2.24) is 4.90 Å². The minimum Gasteiger partial charge on any atom is -0.396 e. The quantitative estimate of drug-likeness (QED) is 0.740. The maximum Gasteiger partial charge on any atom is 0.236 e. The van der Waals surface area contributed by atoms with Crippen molar-refractivity contribution in [3.63, 3.8) is 0 Å². The van der Waals surface area contributed by atoms with Crippen LogP contribution in [0, 0.1) is 0 Å². The fourth-order valence-electron chi connectivity index (χ4n) is 2.87. The van der Waals surface area contributed by atoms with Crippen LogP contribution in [0.15, 0.2) is 11.8 Å². The lowest BCUT2D eigenvalue weighted by atomic mass is 10.0. The Bertz CT molecular complexity index is 434. The molecule has 0 spiro atoms. The highest BCUT2D eigenvalue weighted by molar-refractivity contribution is 6.09. The van der Waals surface area contributed by atoms with Crippen molar-refractivity contribution in [2.45, 2.75) is 57.5 Å². The van der Waals surface area contributed by atoms with Crippen LogP contribution in [0.5, 0.6) is 0 Å². The zero-order valence-electron chi connectivity index (χ0n) is 12.6. The van der Waals surface area contributed by atoms with Gasteiger partial charge < -0.3 is 14.6 Å². The number of carbonyl (C=O) groups is 2. The predicted octanol–water partition coefficient (Wildman–Crippen LogP) is 0.984. The van der Waals surface area contributed by atoms with Gasteiger partial charge in [0.1, 0.15) is 6.23 Å². The maximum absolute atomic E-state index is 12.1. The largest absolute Gasteiger partial charge is 0.396 e. The van der Waals surface area contributed by atoms with E-state index in [2.05, 4.69) is 0 Å². The summed E-state index contributed by atoms with van der Waals surface area (Å²) in [4.78, 5) is 25.4. The zero-order valence-corrected chi connectivity index (χ0v) is 12.6. The number of allylic oxidation sites excluding steroid dienone is 1. The van der Waals surface area contributed by atoms with Gasteiger partial charge in [0.25, 0.3) is 0 Å². The highest BCUT2D eigenvalue weighted by Gasteiger charge is 2.40. The second kappa shape index (κ2) is 7.15. The number of hydrogen-bond acceptors (Lipinski definition) is 5. The van der Waals surface area contributed by atoms with Crippen molar-refractivity contribution < 1.29 is 24.2 Å². The van der Waals surface area contributed by atoms with Gasteiger partial charge in [-0.05, 0) is 12.8 Å². The fourth-order valence-corrected chi connectivity index (χ4v) is 2.87. The molecular formula is C15H23NO5. The average Bonchev–Trinajstić information content (AvgIpc) is 2.85. The van der Waals surface area contributed by atoms with Gasteiger partial charge in [-0.1, -0.05) is 13.3 Å². The number of Topliss-reactive ketones (excluding diaryl/α,β-unsaturated/α-hetero) is 1. The van der Waals surface area contributed by atoms with Crippen LogP contribution in [0.4, 0.5) is 0 Å². The predicted molar refractivity (Wildman–Crippen MR) is 75.2 cm³/mol. The van der Waals surface area contributed by atoms with Gasteiger partial charge in [-0.3, -0.25) is 14.5 Å². The molecule has 1 saturated heterocycles. The van der Waals surface area contributed by atoms with Gasteiger partial charge in [0.05, 0.1) is 18.6 Å². The fraction of sp³-hybridized carbons (Fsp3) is 0.733. The Balaban J connectivity index is 2.13. The van der Waals surface area contributed by atoms with E-state index in [0.717, 1.165) is 6.42 Å². The molecule has 2 rings (SSSR count). The molecule has 0 bridgehead atoms. The number of amides is 1. The molecule has 0 radical (unpaired) electrons. The molecule has 0 aromatic rings. The Labute approximate surface area is 124 Å². The van der Waals surface area contributed by atoms with Crippen LogP contribution in [0.25, 0.3) is 0 Å². The van der Waals surface area contributed by atoms with Crippen LogP contribution in [0.2, 0.25) is 0 Å². The molecule has 1 amide bonds. The van der Waals surface area contributed by atoms with Crippen molar-refractivity contribution in [3.8, 4) is 0 Å². The highest BCUT2D eigenvalue weighted by Crippen LogP contribution is 2.30. The monoisotopic (exact) mass is 297 g/mol. The molecule has 1 N–H and O–H groups in total.